The minimum Gasteiger partial charge on any atom is -0.337 e. The van der Waals surface area contributed by atoms with Gasteiger partial charge in [-0.2, -0.15) is 0 Å². The molecular weight excluding hydrogens is 420 g/mol. The summed E-state index contributed by atoms with van der Waals surface area (Å²) in [6, 6.07) is 19.3. The van der Waals surface area contributed by atoms with Crippen LogP contribution in [0.5, 0.6) is 0 Å². The van der Waals surface area contributed by atoms with Crippen LogP contribution in [0.15, 0.2) is 71.6 Å². The quantitative estimate of drug-likeness (QED) is 0.582. The summed E-state index contributed by atoms with van der Waals surface area (Å²) in [6.45, 7) is 4.11. The van der Waals surface area contributed by atoms with E-state index in [1.807, 2.05) is 56.3 Å². The molecule has 0 saturated carbocycles. The number of rotatable bonds is 6. The van der Waals surface area contributed by atoms with Gasteiger partial charge in [-0.05, 0) is 54.8 Å². The van der Waals surface area contributed by atoms with E-state index in [2.05, 4.69) is 4.72 Å². The van der Waals surface area contributed by atoms with Crippen molar-refractivity contribution in [3.63, 3.8) is 0 Å². The van der Waals surface area contributed by atoms with E-state index < -0.39 is 10.0 Å². The van der Waals surface area contributed by atoms with E-state index in [0.717, 1.165) is 16.7 Å². The van der Waals surface area contributed by atoms with Gasteiger partial charge in [0.25, 0.3) is 15.9 Å². The molecule has 0 fully saturated rings. The first-order valence-electron chi connectivity index (χ1n) is 9.36. The van der Waals surface area contributed by atoms with Crippen molar-refractivity contribution in [2.45, 2.75) is 25.3 Å². The number of aryl methyl sites for hydroxylation is 2. The molecule has 0 aliphatic heterocycles. The van der Waals surface area contributed by atoms with Crippen LogP contribution >= 0.6 is 11.6 Å². The lowest BCUT2D eigenvalue weighted by Crippen LogP contribution is -2.26. The summed E-state index contributed by atoms with van der Waals surface area (Å²) in [5, 5.41) is 0.0510. The molecule has 7 heteroatoms. The van der Waals surface area contributed by atoms with Gasteiger partial charge in [0, 0.05) is 19.2 Å². The third-order valence-electron chi connectivity index (χ3n) is 4.71. The number of hydrogen-bond acceptors (Lipinski definition) is 3. The monoisotopic (exact) mass is 442 g/mol. The molecule has 3 aromatic rings. The maximum absolute atomic E-state index is 13.0. The Morgan fingerprint density at radius 2 is 1.70 bits per heavy atom. The number of nitrogens with one attached hydrogen (secondary N) is 1. The first kappa shape index (κ1) is 21.9. The van der Waals surface area contributed by atoms with Gasteiger partial charge in [0.15, 0.2) is 0 Å². The lowest BCUT2D eigenvalue weighted by atomic mass is 10.1. The second-order valence-corrected chi connectivity index (χ2v) is 9.27. The molecule has 0 aliphatic carbocycles. The number of benzene rings is 3. The zero-order chi connectivity index (χ0) is 21.9. The summed E-state index contributed by atoms with van der Waals surface area (Å²) in [5.41, 5.74) is 3.42. The van der Waals surface area contributed by atoms with Crippen LogP contribution in [0.3, 0.4) is 0 Å². The van der Waals surface area contributed by atoms with Gasteiger partial charge >= 0.3 is 0 Å². The normalized spacial score (nSPS) is 11.2. The van der Waals surface area contributed by atoms with Gasteiger partial charge in [0.1, 0.15) is 4.90 Å². The number of carbonyl (C=O) groups excluding carboxylic acids is 1. The fraction of sp³-hybridized carbons (Fsp3) is 0.174. The Morgan fingerprint density at radius 1 is 1.00 bits per heavy atom. The molecule has 0 aromatic heterocycles. The summed E-state index contributed by atoms with van der Waals surface area (Å²) in [7, 11) is -2.30. The van der Waals surface area contributed by atoms with Gasteiger partial charge in [-0.15, -0.1) is 0 Å². The van der Waals surface area contributed by atoms with Gasteiger partial charge in [-0.25, -0.2) is 8.42 Å². The van der Waals surface area contributed by atoms with Crippen molar-refractivity contribution in [1.82, 2.24) is 4.90 Å². The molecule has 0 bridgehead atoms. The van der Waals surface area contributed by atoms with Gasteiger partial charge in [0.05, 0.1) is 10.7 Å². The second-order valence-electron chi connectivity index (χ2n) is 7.22. The smallest absolute Gasteiger partial charge is 0.263 e. The third kappa shape index (κ3) is 5.01. The van der Waals surface area contributed by atoms with E-state index in [4.69, 9.17) is 11.6 Å². The Balaban J connectivity index is 1.88. The summed E-state index contributed by atoms with van der Waals surface area (Å²) in [5.74, 6) is -0.293. The van der Waals surface area contributed by atoms with Crippen molar-refractivity contribution in [2.24, 2.45) is 0 Å². The number of hydrogen-bond donors (Lipinski definition) is 1. The van der Waals surface area contributed by atoms with Crippen LogP contribution < -0.4 is 4.72 Å². The minimum atomic E-state index is -3.98. The third-order valence-corrected chi connectivity index (χ3v) is 6.56. The van der Waals surface area contributed by atoms with Crippen LogP contribution in [0.1, 0.15) is 27.0 Å². The summed E-state index contributed by atoms with van der Waals surface area (Å²) in [4.78, 5) is 14.3. The topological polar surface area (TPSA) is 66.5 Å². The molecule has 0 aliphatic rings. The van der Waals surface area contributed by atoms with Crippen LogP contribution in [0.2, 0.25) is 5.02 Å². The molecule has 0 heterocycles. The van der Waals surface area contributed by atoms with Gasteiger partial charge in [-0.3, -0.25) is 9.52 Å². The summed E-state index contributed by atoms with van der Waals surface area (Å²) >= 11 is 6.19. The van der Waals surface area contributed by atoms with E-state index in [-0.39, 0.29) is 21.4 Å². The van der Waals surface area contributed by atoms with Crippen molar-refractivity contribution >= 4 is 33.2 Å². The average Bonchev–Trinajstić information content (AvgIpc) is 2.71. The zero-order valence-electron chi connectivity index (χ0n) is 17.0. The van der Waals surface area contributed by atoms with E-state index >= 15 is 0 Å². The molecule has 30 heavy (non-hydrogen) atoms. The summed E-state index contributed by atoms with van der Waals surface area (Å²) in [6.07, 6.45) is 0. The second kappa shape index (κ2) is 8.90. The van der Waals surface area contributed by atoms with Crippen LogP contribution in [-0.4, -0.2) is 26.3 Å². The van der Waals surface area contributed by atoms with E-state index in [1.54, 1.807) is 13.1 Å². The van der Waals surface area contributed by atoms with Gasteiger partial charge < -0.3 is 4.90 Å². The largest absolute Gasteiger partial charge is 0.337 e. The summed E-state index contributed by atoms with van der Waals surface area (Å²) < 4.78 is 28.6. The van der Waals surface area contributed by atoms with Crippen LogP contribution in [0.4, 0.5) is 5.69 Å². The molecule has 0 atom stereocenters. The Labute approximate surface area is 182 Å². The molecule has 0 spiro atoms. The number of amides is 1. The molecular formula is C23H23ClN2O3S. The van der Waals surface area contributed by atoms with E-state index in [1.165, 1.54) is 23.1 Å². The molecule has 1 amide bonds. The highest BCUT2D eigenvalue weighted by molar-refractivity contribution is 7.92. The van der Waals surface area contributed by atoms with Crippen LogP contribution in [0, 0.1) is 13.8 Å². The fourth-order valence-corrected chi connectivity index (χ4v) is 4.69. The van der Waals surface area contributed by atoms with Crippen LogP contribution in [-0.2, 0) is 16.6 Å². The Bertz CT molecular complexity index is 1180. The van der Waals surface area contributed by atoms with Crippen molar-refractivity contribution in [3.8, 4) is 0 Å². The molecule has 0 saturated heterocycles. The molecule has 0 unspecified atom stereocenters. The van der Waals surface area contributed by atoms with Crippen LogP contribution in [0.25, 0.3) is 0 Å². The molecule has 0 radical (unpaired) electrons. The van der Waals surface area contributed by atoms with Gasteiger partial charge in [0.2, 0.25) is 0 Å². The van der Waals surface area contributed by atoms with E-state index in [0.29, 0.717) is 12.2 Å². The Kier molecular flexibility index (Phi) is 6.48. The molecule has 3 rings (SSSR count). The first-order valence-corrected chi connectivity index (χ1v) is 11.2. The highest BCUT2D eigenvalue weighted by Crippen LogP contribution is 2.27. The Hall–Kier alpha value is -2.83. The lowest BCUT2D eigenvalue weighted by Gasteiger charge is -2.18. The maximum atomic E-state index is 13.0. The molecule has 1 N–H and O–H groups in total. The fourth-order valence-electron chi connectivity index (χ4n) is 3.04. The highest BCUT2D eigenvalue weighted by Gasteiger charge is 2.22. The van der Waals surface area contributed by atoms with Gasteiger partial charge in [-0.1, -0.05) is 54.1 Å². The van der Waals surface area contributed by atoms with Crippen molar-refractivity contribution in [1.29, 1.82) is 0 Å². The standard InChI is InChI=1S/C23H23ClN2O3S/c1-16-9-10-17(2)21(13-16)25-30(28,29)22-14-19(11-12-20(22)24)23(27)26(3)15-18-7-5-4-6-8-18/h4-14,25H,15H2,1-3H3. The molecule has 5 nitrogen and oxygen atoms in total. The maximum Gasteiger partial charge on any atom is 0.263 e. The number of halogens is 1. The SMILES string of the molecule is Cc1ccc(C)c(NS(=O)(=O)c2cc(C(=O)N(C)Cc3ccccc3)ccc2Cl)c1. The van der Waals surface area contributed by atoms with E-state index in [9.17, 15) is 13.2 Å². The number of anilines is 1. The molecule has 156 valence electrons. The van der Waals surface area contributed by atoms with Crippen molar-refractivity contribution in [3.05, 3.63) is 94.0 Å². The number of nitrogens with zero attached hydrogens (tertiary/aromatic N) is 1. The van der Waals surface area contributed by atoms with Crippen molar-refractivity contribution in [2.75, 3.05) is 11.8 Å². The lowest BCUT2D eigenvalue weighted by molar-refractivity contribution is 0.0785. The molecule has 3 aromatic carbocycles. The first-order chi connectivity index (χ1) is 14.2. The highest BCUT2D eigenvalue weighted by atomic mass is 35.5. The Morgan fingerprint density at radius 3 is 2.40 bits per heavy atom. The number of sulfonamides is 1. The number of carbonyl (C=O) groups is 1. The zero-order valence-corrected chi connectivity index (χ0v) is 18.6. The van der Waals surface area contributed by atoms with Crippen molar-refractivity contribution < 1.29 is 13.2 Å². The minimum absolute atomic E-state index is 0.0510. The average molecular weight is 443 g/mol. The predicted octanol–water partition coefficient (Wildman–Crippen LogP) is 5.03. The predicted molar refractivity (Wildman–Crippen MR) is 120 cm³/mol.